The van der Waals surface area contributed by atoms with Crippen molar-refractivity contribution < 1.29 is 14.3 Å². The lowest BCUT2D eigenvalue weighted by Gasteiger charge is -2.11. The van der Waals surface area contributed by atoms with Crippen molar-refractivity contribution in [1.29, 1.82) is 0 Å². The molecule has 0 N–H and O–H groups in total. The molecule has 0 saturated carbocycles. The predicted octanol–water partition coefficient (Wildman–Crippen LogP) is 1.42. The average Bonchev–Trinajstić information content (AvgIpc) is 2.23. The van der Waals surface area contributed by atoms with Crippen molar-refractivity contribution in [1.82, 2.24) is 4.98 Å². The number of aryl methyl sites for hydroxylation is 1. The number of rotatable bonds is 3. The number of esters is 1. The van der Waals surface area contributed by atoms with E-state index in [9.17, 15) is 4.79 Å². The van der Waals surface area contributed by atoms with E-state index in [1.165, 1.54) is 7.11 Å². The molecule has 0 amide bonds. The molecule has 82 valence electrons. The SMILES string of the molecule is COC(=O)Cc1ncc(C)c(OC)c1C. The lowest BCUT2D eigenvalue weighted by Crippen LogP contribution is -2.09. The summed E-state index contributed by atoms with van der Waals surface area (Å²) in [6.45, 7) is 3.80. The standard InChI is InChI=1S/C11H15NO3/c1-7-6-12-9(5-10(13)14-3)8(2)11(7)15-4/h6H,5H2,1-4H3. The van der Waals surface area contributed by atoms with Crippen LogP contribution < -0.4 is 4.74 Å². The van der Waals surface area contributed by atoms with Crippen molar-refractivity contribution in [2.75, 3.05) is 14.2 Å². The van der Waals surface area contributed by atoms with Gasteiger partial charge in [0.05, 0.1) is 26.3 Å². The van der Waals surface area contributed by atoms with E-state index in [2.05, 4.69) is 9.72 Å². The molecule has 0 aliphatic heterocycles. The smallest absolute Gasteiger partial charge is 0.311 e. The van der Waals surface area contributed by atoms with E-state index in [4.69, 9.17) is 4.74 Å². The molecule has 0 aliphatic carbocycles. The van der Waals surface area contributed by atoms with E-state index in [1.54, 1.807) is 13.3 Å². The number of methoxy groups -OCH3 is 2. The summed E-state index contributed by atoms with van der Waals surface area (Å²) < 4.78 is 9.83. The number of hydrogen-bond donors (Lipinski definition) is 0. The van der Waals surface area contributed by atoms with Gasteiger partial charge in [-0.2, -0.15) is 0 Å². The Morgan fingerprint density at radius 3 is 2.60 bits per heavy atom. The fourth-order valence-electron chi connectivity index (χ4n) is 1.46. The van der Waals surface area contributed by atoms with E-state index < -0.39 is 0 Å². The highest BCUT2D eigenvalue weighted by Crippen LogP contribution is 2.24. The highest BCUT2D eigenvalue weighted by atomic mass is 16.5. The molecular formula is C11H15NO3. The van der Waals surface area contributed by atoms with Gasteiger partial charge in [0, 0.05) is 17.3 Å². The third-order valence-electron chi connectivity index (χ3n) is 2.29. The number of pyridine rings is 1. The first-order valence-electron chi connectivity index (χ1n) is 4.66. The second-order valence-corrected chi connectivity index (χ2v) is 3.30. The summed E-state index contributed by atoms with van der Waals surface area (Å²) in [6.07, 6.45) is 1.88. The van der Waals surface area contributed by atoms with Crippen LogP contribution in [0.1, 0.15) is 16.8 Å². The molecule has 0 saturated heterocycles. The molecular weight excluding hydrogens is 194 g/mol. The van der Waals surface area contributed by atoms with Crippen molar-refractivity contribution in [3.63, 3.8) is 0 Å². The summed E-state index contributed by atoms with van der Waals surface area (Å²) in [5.41, 5.74) is 2.55. The van der Waals surface area contributed by atoms with Gasteiger partial charge in [0.1, 0.15) is 5.75 Å². The molecule has 4 heteroatoms. The van der Waals surface area contributed by atoms with Gasteiger partial charge in [0.15, 0.2) is 0 Å². The molecule has 0 bridgehead atoms. The maximum absolute atomic E-state index is 11.1. The zero-order valence-electron chi connectivity index (χ0n) is 9.46. The van der Waals surface area contributed by atoms with Gasteiger partial charge in [-0.05, 0) is 13.8 Å². The molecule has 1 rings (SSSR count). The fourth-order valence-corrected chi connectivity index (χ4v) is 1.46. The van der Waals surface area contributed by atoms with E-state index >= 15 is 0 Å². The van der Waals surface area contributed by atoms with Crippen LogP contribution in [-0.2, 0) is 16.0 Å². The van der Waals surface area contributed by atoms with Crippen LogP contribution in [0.5, 0.6) is 5.75 Å². The third kappa shape index (κ3) is 2.46. The minimum Gasteiger partial charge on any atom is -0.496 e. The number of nitrogens with zero attached hydrogens (tertiary/aromatic N) is 1. The highest BCUT2D eigenvalue weighted by Gasteiger charge is 2.12. The molecule has 0 unspecified atom stereocenters. The molecule has 4 nitrogen and oxygen atoms in total. The molecule has 1 aromatic rings. The zero-order chi connectivity index (χ0) is 11.4. The van der Waals surface area contributed by atoms with E-state index in [-0.39, 0.29) is 12.4 Å². The predicted molar refractivity (Wildman–Crippen MR) is 56.0 cm³/mol. The Labute approximate surface area is 89.2 Å². The van der Waals surface area contributed by atoms with Gasteiger partial charge in [-0.3, -0.25) is 9.78 Å². The Morgan fingerprint density at radius 2 is 2.07 bits per heavy atom. The molecule has 15 heavy (non-hydrogen) atoms. The second kappa shape index (κ2) is 4.77. The summed E-state index contributed by atoms with van der Waals surface area (Å²) in [7, 11) is 2.97. The monoisotopic (exact) mass is 209 g/mol. The minimum atomic E-state index is -0.295. The van der Waals surface area contributed by atoms with Crippen molar-refractivity contribution >= 4 is 5.97 Å². The molecule has 1 heterocycles. The van der Waals surface area contributed by atoms with Crippen molar-refractivity contribution in [2.45, 2.75) is 20.3 Å². The average molecular weight is 209 g/mol. The Bertz CT molecular complexity index is 374. The Kier molecular flexibility index (Phi) is 3.66. The number of ether oxygens (including phenoxy) is 2. The molecule has 1 aromatic heterocycles. The van der Waals surface area contributed by atoms with Gasteiger partial charge in [0.25, 0.3) is 0 Å². The first-order valence-corrected chi connectivity index (χ1v) is 4.66. The van der Waals surface area contributed by atoms with E-state index in [1.807, 2.05) is 13.8 Å². The number of carbonyl (C=O) groups excluding carboxylic acids is 1. The fraction of sp³-hybridized carbons (Fsp3) is 0.455. The number of aromatic nitrogens is 1. The Balaban J connectivity index is 3.05. The van der Waals surface area contributed by atoms with Crippen LogP contribution in [-0.4, -0.2) is 25.2 Å². The summed E-state index contributed by atoms with van der Waals surface area (Å²) in [6, 6.07) is 0. The first-order chi connectivity index (χ1) is 7.10. The molecule has 0 aliphatic rings. The summed E-state index contributed by atoms with van der Waals surface area (Å²) in [5, 5.41) is 0. The van der Waals surface area contributed by atoms with Gasteiger partial charge in [-0.1, -0.05) is 0 Å². The van der Waals surface area contributed by atoms with E-state index in [0.717, 1.165) is 16.9 Å². The Morgan fingerprint density at radius 1 is 1.40 bits per heavy atom. The molecule has 0 fully saturated rings. The van der Waals surface area contributed by atoms with Crippen LogP contribution >= 0.6 is 0 Å². The molecule has 0 atom stereocenters. The van der Waals surface area contributed by atoms with Gasteiger partial charge >= 0.3 is 5.97 Å². The zero-order valence-corrected chi connectivity index (χ0v) is 9.46. The van der Waals surface area contributed by atoms with E-state index in [0.29, 0.717) is 5.69 Å². The van der Waals surface area contributed by atoms with Gasteiger partial charge in [0.2, 0.25) is 0 Å². The maximum Gasteiger partial charge on any atom is 0.311 e. The quantitative estimate of drug-likeness (QED) is 0.706. The second-order valence-electron chi connectivity index (χ2n) is 3.30. The lowest BCUT2D eigenvalue weighted by atomic mass is 10.1. The number of carbonyl (C=O) groups is 1. The summed E-state index contributed by atoms with van der Waals surface area (Å²) in [4.78, 5) is 15.3. The van der Waals surface area contributed by atoms with Crippen molar-refractivity contribution in [3.8, 4) is 5.75 Å². The molecule has 0 radical (unpaired) electrons. The third-order valence-corrected chi connectivity index (χ3v) is 2.29. The number of hydrogen-bond acceptors (Lipinski definition) is 4. The topological polar surface area (TPSA) is 48.4 Å². The highest BCUT2D eigenvalue weighted by molar-refractivity contribution is 5.72. The van der Waals surface area contributed by atoms with Crippen LogP contribution in [0.4, 0.5) is 0 Å². The van der Waals surface area contributed by atoms with Gasteiger partial charge < -0.3 is 9.47 Å². The maximum atomic E-state index is 11.1. The summed E-state index contributed by atoms with van der Waals surface area (Å²) >= 11 is 0. The van der Waals surface area contributed by atoms with Crippen LogP contribution in [0.2, 0.25) is 0 Å². The van der Waals surface area contributed by atoms with Gasteiger partial charge in [-0.25, -0.2) is 0 Å². The van der Waals surface area contributed by atoms with Gasteiger partial charge in [-0.15, -0.1) is 0 Å². The Hall–Kier alpha value is -1.58. The lowest BCUT2D eigenvalue weighted by molar-refractivity contribution is -0.139. The summed E-state index contributed by atoms with van der Waals surface area (Å²) in [5.74, 6) is 0.486. The van der Waals surface area contributed by atoms with Crippen molar-refractivity contribution in [2.24, 2.45) is 0 Å². The largest absolute Gasteiger partial charge is 0.496 e. The normalized spacial score (nSPS) is 9.87. The van der Waals surface area contributed by atoms with Crippen LogP contribution in [0.25, 0.3) is 0 Å². The molecule has 0 aromatic carbocycles. The van der Waals surface area contributed by atoms with Crippen LogP contribution in [0.15, 0.2) is 6.20 Å². The molecule has 0 spiro atoms. The van der Waals surface area contributed by atoms with Crippen LogP contribution in [0.3, 0.4) is 0 Å². The first kappa shape index (κ1) is 11.5. The van der Waals surface area contributed by atoms with Crippen LogP contribution in [0, 0.1) is 13.8 Å². The minimum absolute atomic E-state index is 0.180. The van der Waals surface area contributed by atoms with Crippen molar-refractivity contribution in [3.05, 3.63) is 23.0 Å².